The minimum atomic E-state index is -0.0686. The first kappa shape index (κ1) is 22.4. The van der Waals surface area contributed by atoms with Gasteiger partial charge in [-0.05, 0) is 43.6 Å². The molecule has 5 rings (SSSR count). The molecule has 1 aliphatic carbocycles. The SMILES string of the molecule is CCc1ccc(-c2csc(NC(=O)CSc3nnc(N4CCC(C)CC4)n3C3CC3)n2)cc1. The van der Waals surface area contributed by atoms with Crippen LogP contribution in [0.3, 0.4) is 0 Å². The lowest BCUT2D eigenvalue weighted by atomic mass is 10.00. The van der Waals surface area contributed by atoms with Crippen molar-refractivity contribution in [1.82, 2.24) is 19.7 Å². The maximum Gasteiger partial charge on any atom is 0.236 e. The Balaban J connectivity index is 1.20. The Morgan fingerprint density at radius 3 is 2.61 bits per heavy atom. The van der Waals surface area contributed by atoms with E-state index < -0.39 is 0 Å². The molecule has 9 heteroatoms. The second-order valence-corrected chi connectivity index (χ2v) is 10.8. The summed E-state index contributed by atoms with van der Waals surface area (Å²) in [7, 11) is 0. The number of thioether (sulfide) groups is 1. The molecule has 3 aromatic rings. The number of aryl methyl sites for hydroxylation is 1. The second-order valence-electron chi connectivity index (χ2n) is 8.98. The number of hydrogen-bond donors (Lipinski definition) is 1. The third-order valence-corrected chi connectivity index (χ3v) is 8.07. The molecule has 0 radical (unpaired) electrons. The number of nitrogens with one attached hydrogen (secondary N) is 1. The molecule has 1 aromatic carbocycles. The van der Waals surface area contributed by atoms with Crippen LogP contribution in [0.5, 0.6) is 0 Å². The van der Waals surface area contributed by atoms with Gasteiger partial charge < -0.3 is 10.2 Å². The minimum absolute atomic E-state index is 0.0686. The van der Waals surface area contributed by atoms with Crippen molar-refractivity contribution in [1.29, 1.82) is 0 Å². The van der Waals surface area contributed by atoms with Crippen LogP contribution in [0.15, 0.2) is 34.8 Å². The maximum atomic E-state index is 12.6. The molecule has 1 N–H and O–H groups in total. The fraction of sp³-hybridized carbons (Fsp3) is 0.500. The van der Waals surface area contributed by atoms with Crippen LogP contribution in [-0.4, -0.2) is 44.5 Å². The predicted octanol–water partition coefficient (Wildman–Crippen LogP) is 5.27. The lowest BCUT2D eigenvalue weighted by Gasteiger charge is -2.31. The summed E-state index contributed by atoms with van der Waals surface area (Å²) in [6.07, 6.45) is 5.73. The van der Waals surface area contributed by atoms with Crippen LogP contribution in [-0.2, 0) is 11.2 Å². The number of benzene rings is 1. The van der Waals surface area contributed by atoms with Crippen molar-refractivity contribution in [3.05, 3.63) is 35.2 Å². The highest BCUT2D eigenvalue weighted by molar-refractivity contribution is 7.99. The van der Waals surface area contributed by atoms with E-state index in [4.69, 9.17) is 0 Å². The van der Waals surface area contributed by atoms with Crippen molar-refractivity contribution in [3.8, 4) is 11.3 Å². The van der Waals surface area contributed by atoms with E-state index in [0.717, 1.165) is 60.6 Å². The zero-order chi connectivity index (χ0) is 22.8. The number of thiazole rings is 1. The number of aromatic nitrogens is 4. The third kappa shape index (κ3) is 5.24. The van der Waals surface area contributed by atoms with Crippen LogP contribution >= 0.6 is 23.1 Å². The Kier molecular flexibility index (Phi) is 6.69. The van der Waals surface area contributed by atoms with Crippen LogP contribution in [0.25, 0.3) is 11.3 Å². The Morgan fingerprint density at radius 1 is 1.15 bits per heavy atom. The third-order valence-electron chi connectivity index (χ3n) is 6.37. The van der Waals surface area contributed by atoms with E-state index in [1.165, 1.54) is 41.5 Å². The van der Waals surface area contributed by atoms with Crippen molar-refractivity contribution in [2.75, 3.05) is 29.1 Å². The van der Waals surface area contributed by atoms with Gasteiger partial charge in [0.15, 0.2) is 10.3 Å². The quantitative estimate of drug-likeness (QED) is 0.441. The van der Waals surface area contributed by atoms with Crippen LogP contribution in [0.2, 0.25) is 0 Å². The molecule has 7 nitrogen and oxygen atoms in total. The van der Waals surface area contributed by atoms with Crippen LogP contribution in [0.4, 0.5) is 11.1 Å². The Labute approximate surface area is 203 Å². The number of carbonyl (C=O) groups excluding carboxylic acids is 1. The van der Waals surface area contributed by atoms with Crippen molar-refractivity contribution >= 4 is 40.1 Å². The summed E-state index contributed by atoms with van der Waals surface area (Å²) in [6, 6.07) is 8.89. The number of rotatable bonds is 8. The first-order valence-corrected chi connectivity index (χ1v) is 13.6. The van der Waals surface area contributed by atoms with Gasteiger partial charge in [0.05, 0.1) is 11.4 Å². The second kappa shape index (κ2) is 9.85. The molecule has 1 amide bonds. The Morgan fingerprint density at radius 2 is 1.91 bits per heavy atom. The van der Waals surface area contributed by atoms with E-state index in [9.17, 15) is 4.79 Å². The predicted molar refractivity (Wildman–Crippen MR) is 135 cm³/mol. The molecular weight excluding hydrogens is 452 g/mol. The van der Waals surface area contributed by atoms with Crippen molar-refractivity contribution in [2.45, 2.75) is 57.1 Å². The molecule has 1 saturated heterocycles. The molecule has 2 aliphatic rings. The van der Waals surface area contributed by atoms with Gasteiger partial charge in [0.1, 0.15) is 0 Å². The van der Waals surface area contributed by atoms with Gasteiger partial charge >= 0.3 is 0 Å². The lowest BCUT2D eigenvalue weighted by molar-refractivity contribution is -0.113. The van der Waals surface area contributed by atoms with Crippen LogP contribution in [0, 0.1) is 5.92 Å². The van der Waals surface area contributed by atoms with Gasteiger partial charge in [0, 0.05) is 30.1 Å². The summed E-state index contributed by atoms with van der Waals surface area (Å²) in [5.41, 5.74) is 3.26. The number of hydrogen-bond acceptors (Lipinski definition) is 7. The number of anilines is 2. The molecule has 2 fully saturated rings. The standard InChI is InChI=1S/C24H30N6OS2/c1-3-17-4-6-18(7-5-17)20-14-32-22(25-20)26-21(31)15-33-24-28-27-23(30(24)19-8-9-19)29-12-10-16(2)11-13-29/h4-7,14,16,19H,3,8-13,15H2,1-2H3,(H,25,26,31). The molecule has 2 aromatic heterocycles. The fourth-order valence-corrected chi connectivity index (χ4v) is 5.64. The summed E-state index contributed by atoms with van der Waals surface area (Å²) in [4.78, 5) is 19.6. The van der Waals surface area contributed by atoms with Crippen LogP contribution in [0.1, 0.15) is 51.1 Å². The highest BCUT2D eigenvalue weighted by Crippen LogP contribution is 2.41. The number of carbonyl (C=O) groups is 1. The largest absolute Gasteiger partial charge is 0.341 e. The summed E-state index contributed by atoms with van der Waals surface area (Å²) in [6.45, 7) is 6.53. The van der Waals surface area contributed by atoms with Crippen LogP contribution < -0.4 is 10.2 Å². The van der Waals surface area contributed by atoms with Crippen molar-refractivity contribution < 1.29 is 4.79 Å². The zero-order valence-electron chi connectivity index (χ0n) is 19.2. The van der Waals surface area contributed by atoms with Gasteiger partial charge in [0.25, 0.3) is 0 Å². The molecule has 3 heterocycles. The van der Waals surface area contributed by atoms with Crippen molar-refractivity contribution in [3.63, 3.8) is 0 Å². The molecule has 0 unspecified atom stereocenters. The molecule has 1 aliphatic heterocycles. The first-order valence-electron chi connectivity index (χ1n) is 11.8. The first-order chi connectivity index (χ1) is 16.1. The van der Waals surface area contributed by atoms with E-state index in [0.29, 0.717) is 16.9 Å². The van der Waals surface area contributed by atoms with E-state index in [1.807, 2.05) is 5.38 Å². The van der Waals surface area contributed by atoms with E-state index in [-0.39, 0.29) is 5.91 Å². The highest BCUT2D eigenvalue weighted by Gasteiger charge is 2.32. The smallest absolute Gasteiger partial charge is 0.236 e. The van der Waals surface area contributed by atoms with E-state index >= 15 is 0 Å². The maximum absolute atomic E-state index is 12.6. The average Bonchev–Trinajstić information content (AvgIpc) is 3.42. The molecule has 1 saturated carbocycles. The Bertz CT molecular complexity index is 1100. The monoisotopic (exact) mass is 482 g/mol. The van der Waals surface area contributed by atoms with Gasteiger partial charge in [-0.25, -0.2) is 4.98 Å². The number of piperidine rings is 1. The highest BCUT2D eigenvalue weighted by atomic mass is 32.2. The van der Waals surface area contributed by atoms with Crippen molar-refractivity contribution in [2.24, 2.45) is 5.92 Å². The molecule has 0 spiro atoms. The average molecular weight is 483 g/mol. The molecule has 33 heavy (non-hydrogen) atoms. The van der Waals surface area contributed by atoms with Gasteiger partial charge in [0.2, 0.25) is 11.9 Å². The zero-order valence-corrected chi connectivity index (χ0v) is 20.8. The minimum Gasteiger partial charge on any atom is -0.341 e. The van der Waals surface area contributed by atoms with E-state index in [2.05, 4.69) is 68.1 Å². The summed E-state index contributed by atoms with van der Waals surface area (Å²) in [5.74, 6) is 1.98. The number of amides is 1. The van der Waals surface area contributed by atoms with Gasteiger partial charge in [-0.2, -0.15) is 0 Å². The lowest BCUT2D eigenvalue weighted by Crippen LogP contribution is -2.34. The topological polar surface area (TPSA) is 75.9 Å². The summed E-state index contributed by atoms with van der Waals surface area (Å²) < 4.78 is 2.26. The molecule has 174 valence electrons. The molecule has 0 atom stereocenters. The normalized spacial score (nSPS) is 16.8. The number of nitrogens with zero attached hydrogens (tertiary/aromatic N) is 5. The summed E-state index contributed by atoms with van der Waals surface area (Å²) in [5, 5.41) is 15.4. The fourth-order valence-electron chi connectivity index (χ4n) is 4.10. The van der Waals surface area contributed by atoms with Gasteiger partial charge in [-0.1, -0.05) is 49.9 Å². The Hall–Kier alpha value is -2.39. The summed E-state index contributed by atoms with van der Waals surface area (Å²) >= 11 is 2.92. The molecular formula is C24H30N6OS2. The molecule has 0 bridgehead atoms. The van der Waals surface area contributed by atoms with E-state index in [1.54, 1.807) is 0 Å². The van der Waals surface area contributed by atoms with Gasteiger partial charge in [-0.15, -0.1) is 21.5 Å². The van der Waals surface area contributed by atoms with Gasteiger partial charge in [-0.3, -0.25) is 9.36 Å².